The number of anilines is 1. The van der Waals surface area contributed by atoms with Gasteiger partial charge in [0.2, 0.25) is 0 Å². The van der Waals surface area contributed by atoms with Crippen molar-refractivity contribution in [1.82, 2.24) is 4.98 Å². The summed E-state index contributed by atoms with van der Waals surface area (Å²) < 4.78 is 6.59. The van der Waals surface area contributed by atoms with Gasteiger partial charge in [0.25, 0.3) is 5.91 Å². The maximum atomic E-state index is 12.2. The molecular weight excluding hydrogens is 355 g/mol. The van der Waals surface area contributed by atoms with Crippen LogP contribution in [0.2, 0.25) is 10.0 Å². The van der Waals surface area contributed by atoms with E-state index in [9.17, 15) is 4.79 Å². The van der Waals surface area contributed by atoms with Crippen molar-refractivity contribution in [2.75, 3.05) is 5.32 Å². The number of amides is 1. The molecule has 0 aliphatic heterocycles. The first-order valence-corrected chi connectivity index (χ1v) is 8.38. The van der Waals surface area contributed by atoms with E-state index in [0.29, 0.717) is 20.9 Å². The van der Waals surface area contributed by atoms with Crippen LogP contribution < -0.4 is 10.1 Å². The van der Waals surface area contributed by atoms with Crippen LogP contribution in [-0.2, 0) is 4.79 Å². The molecule has 118 valence electrons. The van der Waals surface area contributed by atoms with Crippen LogP contribution in [0.25, 0.3) is 10.2 Å². The van der Waals surface area contributed by atoms with Gasteiger partial charge in [-0.25, -0.2) is 4.98 Å². The number of hydrogen-bond acceptors (Lipinski definition) is 4. The van der Waals surface area contributed by atoms with E-state index in [1.54, 1.807) is 25.1 Å². The molecule has 2 aromatic carbocycles. The van der Waals surface area contributed by atoms with Crippen LogP contribution in [0, 0.1) is 0 Å². The number of aromatic nitrogens is 1. The highest BCUT2D eigenvalue weighted by molar-refractivity contribution is 7.22. The molecule has 0 radical (unpaired) electrons. The van der Waals surface area contributed by atoms with E-state index >= 15 is 0 Å². The normalized spacial score (nSPS) is 12.1. The van der Waals surface area contributed by atoms with Crippen molar-refractivity contribution in [3.8, 4) is 5.75 Å². The van der Waals surface area contributed by atoms with E-state index in [1.807, 2.05) is 24.3 Å². The minimum Gasteiger partial charge on any atom is -0.479 e. The van der Waals surface area contributed by atoms with Crippen LogP contribution in [-0.4, -0.2) is 17.0 Å². The number of hydrogen-bond donors (Lipinski definition) is 1. The Morgan fingerprint density at radius 1 is 1.26 bits per heavy atom. The van der Waals surface area contributed by atoms with Gasteiger partial charge in [0, 0.05) is 5.02 Å². The average Bonchev–Trinajstić information content (AvgIpc) is 2.92. The Morgan fingerprint density at radius 3 is 2.78 bits per heavy atom. The second kappa shape index (κ2) is 6.74. The summed E-state index contributed by atoms with van der Waals surface area (Å²) in [6.45, 7) is 1.65. The Bertz CT molecular complexity index is 833. The minimum atomic E-state index is -0.722. The summed E-state index contributed by atoms with van der Waals surface area (Å²) >= 11 is 13.3. The quantitative estimate of drug-likeness (QED) is 0.705. The van der Waals surface area contributed by atoms with Gasteiger partial charge in [0.05, 0.1) is 15.2 Å². The lowest BCUT2D eigenvalue weighted by Gasteiger charge is -2.14. The first-order valence-electron chi connectivity index (χ1n) is 6.81. The third kappa shape index (κ3) is 3.75. The van der Waals surface area contributed by atoms with Crippen LogP contribution >= 0.6 is 34.5 Å². The molecule has 0 fully saturated rings. The monoisotopic (exact) mass is 366 g/mol. The lowest BCUT2D eigenvalue weighted by atomic mass is 10.3. The Hall–Kier alpha value is -1.82. The molecule has 1 unspecified atom stereocenters. The Labute approximate surface area is 147 Å². The summed E-state index contributed by atoms with van der Waals surface area (Å²) in [5.41, 5.74) is 0.849. The third-order valence-electron chi connectivity index (χ3n) is 3.09. The molecule has 1 N–H and O–H groups in total. The summed E-state index contributed by atoms with van der Waals surface area (Å²) in [6.07, 6.45) is -0.722. The molecule has 1 atom stereocenters. The zero-order valence-corrected chi connectivity index (χ0v) is 14.4. The number of carbonyl (C=O) groups excluding carboxylic acids is 1. The Morgan fingerprint density at radius 2 is 2.04 bits per heavy atom. The second-order valence-electron chi connectivity index (χ2n) is 4.81. The van der Waals surface area contributed by atoms with Gasteiger partial charge in [-0.05, 0) is 37.3 Å². The molecule has 1 amide bonds. The van der Waals surface area contributed by atoms with Crippen molar-refractivity contribution in [2.24, 2.45) is 0 Å². The molecule has 3 aromatic rings. The fraction of sp³-hybridized carbons (Fsp3) is 0.125. The van der Waals surface area contributed by atoms with Crippen molar-refractivity contribution in [2.45, 2.75) is 13.0 Å². The predicted octanol–water partition coefficient (Wildman–Crippen LogP) is 5.01. The van der Waals surface area contributed by atoms with Gasteiger partial charge in [0.15, 0.2) is 11.2 Å². The fourth-order valence-corrected chi connectivity index (χ4v) is 3.27. The molecule has 1 heterocycles. The summed E-state index contributed by atoms with van der Waals surface area (Å²) in [5.74, 6) is 0.109. The lowest BCUT2D eigenvalue weighted by molar-refractivity contribution is -0.122. The van der Waals surface area contributed by atoms with Crippen LogP contribution in [0.15, 0.2) is 42.5 Å². The van der Waals surface area contributed by atoms with Gasteiger partial charge >= 0.3 is 0 Å². The highest BCUT2D eigenvalue weighted by Gasteiger charge is 2.18. The summed E-state index contributed by atoms with van der Waals surface area (Å²) in [5, 5.41) is 4.16. The summed E-state index contributed by atoms with van der Waals surface area (Å²) in [6, 6.07) is 12.5. The van der Waals surface area contributed by atoms with Crippen LogP contribution in [0.5, 0.6) is 5.75 Å². The number of carbonyl (C=O) groups is 1. The molecule has 0 spiro atoms. The number of halogens is 2. The third-order valence-corrected chi connectivity index (χ3v) is 4.57. The lowest BCUT2D eigenvalue weighted by Crippen LogP contribution is -2.30. The fourth-order valence-electron chi connectivity index (χ4n) is 1.95. The topological polar surface area (TPSA) is 51.2 Å². The molecule has 0 bridgehead atoms. The van der Waals surface area contributed by atoms with Gasteiger partial charge in [-0.15, -0.1) is 0 Å². The van der Waals surface area contributed by atoms with E-state index in [0.717, 1.165) is 10.2 Å². The number of nitrogens with one attached hydrogen (secondary N) is 1. The molecule has 0 aliphatic carbocycles. The first kappa shape index (κ1) is 16.1. The largest absolute Gasteiger partial charge is 0.479 e. The Balaban J connectivity index is 1.69. The van der Waals surface area contributed by atoms with Crippen molar-refractivity contribution in [3.63, 3.8) is 0 Å². The van der Waals surface area contributed by atoms with E-state index in [2.05, 4.69) is 10.3 Å². The molecule has 0 saturated heterocycles. The van der Waals surface area contributed by atoms with Crippen molar-refractivity contribution < 1.29 is 9.53 Å². The second-order valence-corrected chi connectivity index (χ2v) is 6.69. The maximum Gasteiger partial charge on any atom is 0.266 e. The number of fused-ring (bicyclic) bond motifs is 1. The molecular formula is C16H12Cl2N2O2S. The van der Waals surface area contributed by atoms with Gasteiger partial charge in [-0.3, -0.25) is 10.1 Å². The number of nitrogens with zero attached hydrogens (tertiary/aromatic N) is 1. The van der Waals surface area contributed by atoms with Crippen molar-refractivity contribution in [3.05, 3.63) is 52.5 Å². The minimum absolute atomic E-state index is 0.296. The standard InChI is InChI=1S/C16H12Cl2N2O2S/c1-9(22-13-7-6-10(17)8-11(13)18)15(21)20-16-19-12-4-2-3-5-14(12)23-16/h2-9H,1H3,(H,19,20,21). The molecule has 0 saturated carbocycles. The van der Waals surface area contributed by atoms with Gasteiger partial charge in [0.1, 0.15) is 5.75 Å². The van der Waals surface area contributed by atoms with Crippen molar-refractivity contribution in [1.29, 1.82) is 0 Å². The zero-order valence-electron chi connectivity index (χ0n) is 12.0. The Kier molecular flexibility index (Phi) is 4.71. The molecule has 1 aromatic heterocycles. The molecule has 3 rings (SSSR count). The molecule has 7 heteroatoms. The summed E-state index contributed by atoms with van der Waals surface area (Å²) in [4.78, 5) is 16.6. The van der Waals surface area contributed by atoms with Crippen LogP contribution in [0.1, 0.15) is 6.92 Å². The SMILES string of the molecule is CC(Oc1ccc(Cl)cc1Cl)C(=O)Nc1nc2ccccc2s1. The predicted molar refractivity (Wildman–Crippen MR) is 94.8 cm³/mol. The summed E-state index contributed by atoms with van der Waals surface area (Å²) in [7, 11) is 0. The smallest absolute Gasteiger partial charge is 0.266 e. The van der Waals surface area contributed by atoms with Gasteiger partial charge < -0.3 is 4.74 Å². The first-order chi connectivity index (χ1) is 11.0. The molecule has 4 nitrogen and oxygen atoms in total. The van der Waals surface area contributed by atoms with Crippen LogP contribution in [0.4, 0.5) is 5.13 Å². The van der Waals surface area contributed by atoms with E-state index in [1.165, 1.54) is 11.3 Å². The number of ether oxygens (including phenoxy) is 1. The highest BCUT2D eigenvalue weighted by Crippen LogP contribution is 2.29. The van der Waals surface area contributed by atoms with E-state index < -0.39 is 6.10 Å². The zero-order chi connectivity index (χ0) is 16.4. The number of para-hydroxylation sites is 1. The maximum absolute atomic E-state index is 12.2. The van der Waals surface area contributed by atoms with E-state index in [-0.39, 0.29) is 5.91 Å². The highest BCUT2D eigenvalue weighted by atomic mass is 35.5. The van der Waals surface area contributed by atoms with E-state index in [4.69, 9.17) is 27.9 Å². The number of thiazole rings is 1. The van der Waals surface area contributed by atoms with Gasteiger partial charge in [-0.1, -0.05) is 46.7 Å². The average molecular weight is 367 g/mol. The van der Waals surface area contributed by atoms with Gasteiger partial charge in [-0.2, -0.15) is 0 Å². The number of rotatable bonds is 4. The molecule has 0 aliphatic rings. The van der Waals surface area contributed by atoms with Crippen LogP contribution in [0.3, 0.4) is 0 Å². The number of benzene rings is 2. The molecule has 23 heavy (non-hydrogen) atoms. The van der Waals surface area contributed by atoms with Crippen molar-refractivity contribution >= 4 is 55.8 Å².